The Bertz CT molecular complexity index is 1090. The Hall–Kier alpha value is -4.02. The van der Waals surface area contributed by atoms with E-state index in [4.69, 9.17) is 20.0 Å². The Morgan fingerprint density at radius 1 is 0.607 bits per heavy atom. The summed E-state index contributed by atoms with van der Waals surface area (Å²) in [6, 6.07) is 27.0. The third-order valence-electron chi connectivity index (χ3n) is 4.44. The minimum atomic E-state index is 0.0991. The lowest BCUT2D eigenvalue weighted by molar-refractivity contribution is 0.414. The third-order valence-corrected chi connectivity index (χ3v) is 4.44. The molecule has 0 unspecified atom stereocenters. The Morgan fingerprint density at radius 3 is 1.36 bits per heavy atom. The lowest BCUT2D eigenvalue weighted by atomic mass is 9.95. The number of nitriles is 2. The van der Waals surface area contributed by atoms with Gasteiger partial charge in [0.2, 0.25) is 0 Å². The average molecular weight is 366 g/mol. The smallest absolute Gasteiger partial charge is 0.136 e. The minimum absolute atomic E-state index is 0.0991. The number of hydrogen-bond donors (Lipinski definition) is 0. The number of rotatable bonds is 4. The zero-order chi connectivity index (χ0) is 19.9. The van der Waals surface area contributed by atoms with Gasteiger partial charge in [0.25, 0.3) is 0 Å². The van der Waals surface area contributed by atoms with Crippen molar-refractivity contribution in [1.29, 1.82) is 10.5 Å². The van der Waals surface area contributed by atoms with Crippen LogP contribution in [-0.2, 0) is 0 Å². The molecule has 3 rings (SSSR count). The van der Waals surface area contributed by atoms with Crippen LogP contribution >= 0.6 is 0 Å². The summed E-state index contributed by atoms with van der Waals surface area (Å²) in [5, 5.41) is 19.7. The van der Waals surface area contributed by atoms with Gasteiger partial charge in [0, 0.05) is 5.22 Å². The Balaban J connectivity index is 2.26. The van der Waals surface area contributed by atoms with E-state index < -0.39 is 0 Å². The normalized spacial score (nSPS) is 9.71. The number of nitrogens with zero attached hydrogens (tertiary/aromatic N) is 2. The van der Waals surface area contributed by atoms with Gasteiger partial charge in [-0.15, -0.1) is 0 Å². The van der Waals surface area contributed by atoms with Crippen molar-refractivity contribution in [1.82, 2.24) is 0 Å². The first kappa shape index (κ1) is 18.8. The van der Waals surface area contributed by atoms with Gasteiger partial charge in [-0.05, 0) is 46.2 Å². The Kier molecular flexibility index (Phi) is 5.75. The molecule has 0 heterocycles. The highest BCUT2D eigenvalue weighted by Gasteiger charge is 2.08. The molecule has 0 aliphatic heterocycles. The van der Waals surface area contributed by atoms with Crippen LogP contribution in [0.4, 0.5) is 0 Å². The SMILES string of the molecule is COc1ccc(C(c2ccc(OC)cc2)=c2ccc(=C(C#N)C#N)cc2)cc1. The molecular formula is C24H18N2O2. The number of methoxy groups -OCH3 is 2. The summed E-state index contributed by atoms with van der Waals surface area (Å²) in [5.74, 6) is 1.57. The third kappa shape index (κ3) is 3.87. The summed E-state index contributed by atoms with van der Waals surface area (Å²) in [6.07, 6.45) is 0. The van der Waals surface area contributed by atoms with E-state index >= 15 is 0 Å². The maximum Gasteiger partial charge on any atom is 0.136 e. The molecule has 0 aromatic heterocycles. The van der Waals surface area contributed by atoms with Crippen LogP contribution in [0.3, 0.4) is 0 Å². The van der Waals surface area contributed by atoms with Crippen LogP contribution in [0, 0.1) is 22.7 Å². The molecule has 136 valence electrons. The molecule has 0 atom stereocenters. The first-order valence-corrected chi connectivity index (χ1v) is 8.64. The summed E-state index contributed by atoms with van der Waals surface area (Å²) in [6.45, 7) is 0. The summed E-state index contributed by atoms with van der Waals surface area (Å²) >= 11 is 0. The molecule has 0 saturated heterocycles. The predicted octanol–water partition coefficient (Wildman–Crippen LogP) is 3.15. The lowest BCUT2D eigenvalue weighted by Crippen LogP contribution is -2.13. The standard InChI is InChI=1S/C24H18N2O2/c1-27-22-11-7-19(8-12-22)24(20-9-13-23(28-2)14-10-20)18-5-3-17(4-6-18)21(15-25)16-26/h3-14H,1-2H3. The van der Waals surface area contributed by atoms with E-state index in [1.807, 2.05) is 72.8 Å². The van der Waals surface area contributed by atoms with E-state index in [1.54, 1.807) is 26.4 Å². The fourth-order valence-corrected chi connectivity index (χ4v) is 2.97. The molecule has 0 aliphatic rings. The second kappa shape index (κ2) is 8.58. The molecule has 0 saturated carbocycles. The predicted molar refractivity (Wildman–Crippen MR) is 108 cm³/mol. The van der Waals surface area contributed by atoms with Gasteiger partial charge >= 0.3 is 0 Å². The molecule has 0 aliphatic carbocycles. The molecule has 4 heteroatoms. The number of benzene rings is 3. The minimum Gasteiger partial charge on any atom is -0.497 e. The van der Waals surface area contributed by atoms with Crippen molar-refractivity contribution in [3.63, 3.8) is 0 Å². The highest BCUT2D eigenvalue weighted by molar-refractivity contribution is 5.80. The van der Waals surface area contributed by atoms with Crippen LogP contribution in [0.2, 0.25) is 0 Å². The Labute approximate surface area is 163 Å². The van der Waals surface area contributed by atoms with Crippen molar-refractivity contribution in [3.8, 4) is 23.6 Å². The van der Waals surface area contributed by atoms with Gasteiger partial charge in [0.1, 0.15) is 29.2 Å². The molecule has 0 N–H and O–H groups in total. The van der Waals surface area contributed by atoms with Crippen molar-refractivity contribution >= 4 is 11.1 Å². The summed E-state index contributed by atoms with van der Waals surface area (Å²) < 4.78 is 10.5. The molecule has 3 aromatic carbocycles. The highest BCUT2D eigenvalue weighted by Crippen LogP contribution is 2.24. The summed E-state index contributed by atoms with van der Waals surface area (Å²) in [4.78, 5) is 0. The molecule has 0 spiro atoms. The number of ether oxygens (including phenoxy) is 2. The van der Waals surface area contributed by atoms with Gasteiger partial charge in [0.15, 0.2) is 0 Å². The van der Waals surface area contributed by atoms with E-state index in [0.717, 1.165) is 33.4 Å². The molecule has 28 heavy (non-hydrogen) atoms. The van der Waals surface area contributed by atoms with E-state index in [1.165, 1.54) is 0 Å². The van der Waals surface area contributed by atoms with Crippen LogP contribution in [0.5, 0.6) is 11.5 Å². The van der Waals surface area contributed by atoms with E-state index in [9.17, 15) is 0 Å². The molecule has 4 nitrogen and oxygen atoms in total. The fourth-order valence-electron chi connectivity index (χ4n) is 2.97. The fraction of sp³-hybridized carbons (Fsp3) is 0.0833. The second-order valence-electron chi connectivity index (χ2n) is 6.01. The molecule has 0 bridgehead atoms. The molecule has 0 fully saturated rings. The maximum absolute atomic E-state index is 9.07. The zero-order valence-corrected chi connectivity index (χ0v) is 15.6. The number of hydrogen-bond acceptors (Lipinski definition) is 4. The summed E-state index contributed by atoms with van der Waals surface area (Å²) in [5.41, 5.74) is 3.20. The summed E-state index contributed by atoms with van der Waals surface area (Å²) in [7, 11) is 3.28. The first-order valence-electron chi connectivity index (χ1n) is 8.64. The van der Waals surface area contributed by atoms with Crippen LogP contribution < -0.4 is 19.9 Å². The van der Waals surface area contributed by atoms with Gasteiger partial charge in [-0.1, -0.05) is 48.5 Å². The molecule has 0 radical (unpaired) electrons. The van der Waals surface area contributed by atoms with Gasteiger partial charge in [0.05, 0.1) is 14.2 Å². The molecular weight excluding hydrogens is 348 g/mol. The first-order chi connectivity index (χ1) is 13.7. The van der Waals surface area contributed by atoms with Crippen molar-refractivity contribution in [2.45, 2.75) is 0 Å². The Morgan fingerprint density at radius 2 is 1.00 bits per heavy atom. The van der Waals surface area contributed by atoms with E-state index in [0.29, 0.717) is 5.22 Å². The van der Waals surface area contributed by atoms with Crippen LogP contribution in [-0.4, -0.2) is 14.2 Å². The van der Waals surface area contributed by atoms with Crippen LogP contribution in [0.1, 0.15) is 11.1 Å². The topological polar surface area (TPSA) is 66.0 Å². The average Bonchev–Trinajstić information content (AvgIpc) is 2.77. The van der Waals surface area contributed by atoms with Crippen molar-refractivity contribution in [2.24, 2.45) is 0 Å². The van der Waals surface area contributed by atoms with Crippen molar-refractivity contribution in [2.75, 3.05) is 14.2 Å². The largest absolute Gasteiger partial charge is 0.497 e. The van der Waals surface area contributed by atoms with Crippen molar-refractivity contribution in [3.05, 3.63) is 94.4 Å². The maximum atomic E-state index is 9.07. The van der Waals surface area contributed by atoms with Crippen LogP contribution in [0.15, 0.2) is 72.8 Å². The quantitative estimate of drug-likeness (QED) is 0.711. The molecule has 3 aromatic rings. The van der Waals surface area contributed by atoms with E-state index in [-0.39, 0.29) is 5.57 Å². The van der Waals surface area contributed by atoms with Gasteiger partial charge < -0.3 is 9.47 Å². The van der Waals surface area contributed by atoms with E-state index in [2.05, 4.69) is 0 Å². The van der Waals surface area contributed by atoms with Gasteiger partial charge in [-0.3, -0.25) is 0 Å². The van der Waals surface area contributed by atoms with Gasteiger partial charge in [-0.2, -0.15) is 10.5 Å². The zero-order valence-electron chi connectivity index (χ0n) is 15.6. The van der Waals surface area contributed by atoms with Crippen molar-refractivity contribution < 1.29 is 9.47 Å². The molecule has 0 amide bonds. The second-order valence-corrected chi connectivity index (χ2v) is 6.01. The monoisotopic (exact) mass is 366 g/mol. The lowest BCUT2D eigenvalue weighted by Gasteiger charge is -2.11. The highest BCUT2D eigenvalue weighted by atomic mass is 16.5. The van der Waals surface area contributed by atoms with Crippen LogP contribution in [0.25, 0.3) is 11.1 Å². The van der Waals surface area contributed by atoms with Gasteiger partial charge in [-0.25, -0.2) is 0 Å².